The number of rotatable bonds is 6. The molecule has 1 aromatic rings. The van der Waals surface area contributed by atoms with Gasteiger partial charge in [-0.15, -0.1) is 0 Å². The molecule has 0 bridgehead atoms. The van der Waals surface area contributed by atoms with Crippen molar-refractivity contribution < 1.29 is 17.9 Å². The first-order valence-electron chi connectivity index (χ1n) is 5.43. The van der Waals surface area contributed by atoms with E-state index in [4.69, 9.17) is 9.47 Å². The van der Waals surface area contributed by atoms with Gasteiger partial charge in [0.2, 0.25) is 0 Å². The van der Waals surface area contributed by atoms with E-state index < -0.39 is 9.84 Å². The smallest absolute Gasteiger partial charge is 0.161 e. The van der Waals surface area contributed by atoms with Crippen molar-refractivity contribution in [1.29, 1.82) is 0 Å². The van der Waals surface area contributed by atoms with Crippen molar-refractivity contribution in [3.05, 3.63) is 23.8 Å². The Kier molecular flexibility index (Phi) is 4.81. The minimum Gasteiger partial charge on any atom is -0.493 e. The zero-order valence-corrected chi connectivity index (χ0v) is 11.2. The molecule has 17 heavy (non-hydrogen) atoms. The molecule has 5 heteroatoms. The first-order valence-corrected chi connectivity index (χ1v) is 7.49. The molecule has 0 amide bonds. The molecule has 0 aliphatic heterocycles. The lowest BCUT2D eigenvalue weighted by Crippen LogP contribution is -2.12. The Morgan fingerprint density at radius 3 is 2.47 bits per heavy atom. The molecule has 4 nitrogen and oxygen atoms in total. The van der Waals surface area contributed by atoms with E-state index in [1.54, 1.807) is 13.2 Å². The van der Waals surface area contributed by atoms with Gasteiger partial charge in [0.25, 0.3) is 0 Å². The second-order valence-electron chi connectivity index (χ2n) is 3.82. The highest BCUT2D eigenvalue weighted by atomic mass is 32.2. The molecule has 0 fully saturated rings. The van der Waals surface area contributed by atoms with E-state index in [0.717, 1.165) is 12.0 Å². The average Bonchev–Trinajstić information content (AvgIpc) is 2.27. The molecule has 0 aliphatic carbocycles. The molecule has 0 unspecified atom stereocenters. The van der Waals surface area contributed by atoms with E-state index in [0.29, 0.717) is 11.5 Å². The van der Waals surface area contributed by atoms with Gasteiger partial charge >= 0.3 is 0 Å². The minimum atomic E-state index is -2.99. The van der Waals surface area contributed by atoms with E-state index in [-0.39, 0.29) is 12.4 Å². The summed E-state index contributed by atoms with van der Waals surface area (Å²) in [5, 5.41) is 0. The third kappa shape index (κ3) is 4.65. The van der Waals surface area contributed by atoms with Crippen molar-refractivity contribution in [2.45, 2.75) is 13.3 Å². The van der Waals surface area contributed by atoms with Gasteiger partial charge in [0, 0.05) is 6.26 Å². The first kappa shape index (κ1) is 13.8. The topological polar surface area (TPSA) is 52.6 Å². The summed E-state index contributed by atoms with van der Waals surface area (Å²) < 4.78 is 32.5. The lowest BCUT2D eigenvalue weighted by molar-refractivity contribution is 0.311. The van der Waals surface area contributed by atoms with Gasteiger partial charge in [0.15, 0.2) is 21.3 Å². The molecule has 0 spiro atoms. The van der Waals surface area contributed by atoms with Gasteiger partial charge in [-0.1, -0.05) is 13.0 Å². The van der Waals surface area contributed by atoms with Gasteiger partial charge in [-0.25, -0.2) is 8.42 Å². The molecular weight excluding hydrogens is 240 g/mol. The summed E-state index contributed by atoms with van der Waals surface area (Å²) in [5.74, 6) is 1.22. The van der Waals surface area contributed by atoms with E-state index in [9.17, 15) is 8.42 Å². The third-order valence-electron chi connectivity index (χ3n) is 2.35. The van der Waals surface area contributed by atoms with Crippen LogP contribution in [0.2, 0.25) is 0 Å². The second kappa shape index (κ2) is 5.91. The number of methoxy groups -OCH3 is 1. The minimum absolute atomic E-state index is 0.00564. The van der Waals surface area contributed by atoms with Crippen LogP contribution in [0.3, 0.4) is 0 Å². The van der Waals surface area contributed by atoms with Crippen LogP contribution in [-0.4, -0.2) is 34.1 Å². The van der Waals surface area contributed by atoms with Gasteiger partial charge in [0.1, 0.15) is 6.61 Å². The van der Waals surface area contributed by atoms with Gasteiger partial charge < -0.3 is 9.47 Å². The summed E-state index contributed by atoms with van der Waals surface area (Å²) in [5.41, 5.74) is 1.15. The van der Waals surface area contributed by atoms with Crippen LogP contribution >= 0.6 is 0 Å². The molecule has 0 aliphatic rings. The number of benzene rings is 1. The fourth-order valence-corrected chi connectivity index (χ4v) is 1.74. The van der Waals surface area contributed by atoms with Crippen molar-refractivity contribution in [2.75, 3.05) is 25.7 Å². The number of ether oxygens (including phenoxy) is 2. The molecule has 0 N–H and O–H groups in total. The quantitative estimate of drug-likeness (QED) is 0.779. The standard InChI is InChI=1S/C12H18O4S/c1-4-10-5-6-11(12(9-10)15-2)16-7-8-17(3,13)14/h5-6,9H,4,7-8H2,1-3H3. The van der Waals surface area contributed by atoms with Crippen molar-refractivity contribution in [3.63, 3.8) is 0 Å². The fraction of sp³-hybridized carbons (Fsp3) is 0.500. The number of hydrogen-bond donors (Lipinski definition) is 0. The summed E-state index contributed by atoms with van der Waals surface area (Å²) >= 11 is 0. The highest BCUT2D eigenvalue weighted by Crippen LogP contribution is 2.28. The van der Waals surface area contributed by atoms with Gasteiger partial charge in [-0.05, 0) is 24.1 Å². The number of aryl methyl sites for hydroxylation is 1. The first-order chi connectivity index (χ1) is 7.96. The zero-order chi connectivity index (χ0) is 12.9. The van der Waals surface area contributed by atoms with Crippen LogP contribution in [0.4, 0.5) is 0 Å². The molecule has 1 aromatic carbocycles. The Hall–Kier alpha value is -1.23. The molecule has 0 aromatic heterocycles. The SMILES string of the molecule is CCc1ccc(OCCS(C)(=O)=O)c(OC)c1. The van der Waals surface area contributed by atoms with E-state index >= 15 is 0 Å². The maximum Gasteiger partial charge on any atom is 0.161 e. The predicted molar refractivity (Wildman–Crippen MR) is 67.6 cm³/mol. The average molecular weight is 258 g/mol. The van der Waals surface area contributed by atoms with Gasteiger partial charge in [-0.3, -0.25) is 0 Å². The normalized spacial score (nSPS) is 11.2. The van der Waals surface area contributed by atoms with E-state index in [1.165, 1.54) is 6.26 Å². The summed E-state index contributed by atoms with van der Waals surface area (Å²) in [6.07, 6.45) is 2.10. The Labute approximate surface area is 102 Å². The van der Waals surface area contributed by atoms with Crippen LogP contribution in [-0.2, 0) is 16.3 Å². The number of hydrogen-bond acceptors (Lipinski definition) is 4. The van der Waals surface area contributed by atoms with Crippen molar-refractivity contribution in [1.82, 2.24) is 0 Å². The number of sulfone groups is 1. The summed E-state index contributed by atoms with van der Waals surface area (Å²) in [6, 6.07) is 5.65. The van der Waals surface area contributed by atoms with Gasteiger partial charge in [-0.2, -0.15) is 0 Å². The van der Waals surface area contributed by atoms with Crippen molar-refractivity contribution in [3.8, 4) is 11.5 Å². The summed E-state index contributed by atoms with van der Waals surface area (Å²) in [6.45, 7) is 2.19. The summed E-state index contributed by atoms with van der Waals surface area (Å²) in [7, 11) is -1.42. The van der Waals surface area contributed by atoms with Crippen molar-refractivity contribution in [2.24, 2.45) is 0 Å². The van der Waals surface area contributed by atoms with Crippen LogP contribution in [0.1, 0.15) is 12.5 Å². The largest absolute Gasteiger partial charge is 0.493 e. The fourth-order valence-electron chi connectivity index (χ4n) is 1.35. The molecule has 96 valence electrons. The molecule has 0 radical (unpaired) electrons. The zero-order valence-electron chi connectivity index (χ0n) is 10.4. The predicted octanol–water partition coefficient (Wildman–Crippen LogP) is 1.68. The highest BCUT2D eigenvalue weighted by molar-refractivity contribution is 7.90. The summed E-state index contributed by atoms with van der Waals surface area (Å²) in [4.78, 5) is 0. The lowest BCUT2D eigenvalue weighted by atomic mass is 10.1. The molecule has 0 heterocycles. The lowest BCUT2D eigenvalue weighted by Gasteiger charge is -2.11. The Bertz CT molecular complexity index is 465. The van der Waals surface area contributed by atoms with E-state index in [2.05, 4.69) is 6.92 Å². The molecular formula is C12H18O4S. The van der Waals surface area contributed by atoms with Crippen LogP contribution in [0.5, 0.6) is 11.5 Å². The molecule has 0 atom stereocenters. The maximum absolute atomic E-state index is 11.0. The van der Waals surface area contributed by atoms with Crippen LogP contribution in [0.25, 0.3) is 0 Å². The Morgan fingerprint density at radius 2 is 1.94 bits per heavy atom. The third-order valence-corrected chi connectivity index (χ3v) is 3.26. The molecule has 0 saturated heterocycles. The molecule has 0 saturated carbocycles. The van der Waals surface area contributed by atoms with E-state index in [1.807, 2.05) is 12.1 Å². The highest BCUT2D eigenvalue weighted by Gasteiger charge is 2.07. The van der Waals surface area contributed by atoms with Crippen molar-refractivity contribution >= 4 is 9.84 Å². The Balaban J connectivity index is 2.70. The van der Waals surface area contributed by atoms with Gasteiger partial charge in [0.05, 0.1) is 12.9 Å². The monoisotopic (exact) mass is 258 g/mol. The van der Waals surface area contributed by atoms with Crippen LogP contribution in [0, 0.1) is 0 Å². The second-order valence-corrected chi connectivity index (χ2v) is 6.08. The van der Waals surface area contributed by atoms with Crippen LogP contribution in [0.15, 0.2) is 18.2 Å². The maximum atomic E-state index is 11.0. The Morgan fingerprint density at radius 1 is 1.24 bits per heavy atom. The van der Waals surface area contributed by atoms with Crippen LogP contribution < -0.4 is 9.47 Å². The molecule has 1 rings (SSSR count).